The Morgan fingerprint density at radius 2 is 2.06 bits per heavy atom. The number of urea groups is 1. The van der Waals surface area contributed by atoms with Gasteiger partial charge in [0.05, 0.1) is 23.5 Å². The van der Waals surface area contributed by atoms with Gasteiger partial charge in [-0.15, -0.1) is 0 Å². The number of ether oxygens (including phenoxy) is 2. The molecule has 2 aliphatic rings. The molecule has 0 bridgehead atoms. The number of halogens is 1. The summed E-state index contributed by atoms with van der Waals surface area (Å²) in [6, 6.07) is 6.68. The van der Waals surface area contributed by atoms with Gasteiger partial charge >= 0.3 is 6.03 Å². The predicted molar refractivity (Wildman–Crippen MR) is 117 cm³/mol. The van der Waals surface area contributed by atoms with Crippen LogP contribution in [0.1, 0.15) is 31.0 Å². The second-order valence-electron chi connectivity index (χ2n) is 7.88. The van der Waals surface area contributed by atoms with Crippen LogP contribution in [0.5, 0.6) is 11.5 Å². The molecule has 0 radical (unpaired) electrons. The minimum Gasteiger partial charge on any atom is -0.500 e. The van der Waals surface area contributed by atoms with Crippen LogP contribution in [-0.2, 0) is 16.0 Å². The summed E-state index contributed by atoms with van der Waals surface area (Å²) in [4.78, 5) is 28.5. The van der Waals surface area contributed by atoms with E-state index in [0.717, 1.165) is 18.4 Å². The molecule has 0 spiro atoms. The van der Waals surface area contributed by atoms with Gasteiger partial charge in [0.15, 0.2) is 0 Å². The first-order valence-electron chi connectivity index (χ1n) is 9.89. The number of carbonyl (C=O) groups is 2. The maximum absolute atomic E-state index is 12.1. The number of pyridine rings is 1. The van der Waals surface area contributed by atoms with Gasteiger partial charge in [-0.1, -0.05) is 11.6 Å². The summed E-state index contributed by atoms with van der Waals surface area (Å²) in [7, 11) is 1.50. The molecule has 3 amide bonds. The van der Waals surface area contributed by atoms with E-state index < -0.39 is 11.3 Å². The molecule has 8 nitrogen and oxygen atoms in total. The van der Waals surface area contributed by atoms with Crippen LogP contribution in [0.25, 0.3) is 6.08 Å². The molecule has 1 atom stereocenters. The molecule has 162 valence electrons. The number of hydrogen-bond donors (Lipinski definition) is 3. The number of anilines is 1. The molecular weight excluding hydrogens is 420 g/mol. The Hall–Kier alpha value is -3.26. The SMILES string of the molecule is COC1=Cc2nccc(Oc3ccc(NC(=O)NC4CC4)c(Cl)c3)c2CC1(C)C(N)=O. The molecule has 1 saturated carbocycles. The number of rotatable bonds is 6. The molecule has 0 aliphatic heterocycles. The van der Waals surface area contributed by atoms with Crippen LogP contribution in [-0.4, -0.2) is 30.1 Å². The van der Waals surface area contributed by atoms with Crippen molar-refractivity contribution in [3.05, 3.63) is 52.5 Å². The van der Waals surface area contributed by atoms with Gasteiger partial charge in [-0.3, -0.25) is 9.78 Å². The number of nitrogens with zero attached hydrogens (tertiary/aromatic N) is 1. The highest BCUT2D eigenvalue weighted by atomic mass is 35.5. The van der Waals surface area contributed by atoms with Crippen molar-refractivity contribution in [2.45, 2.75) is 32.2 Å². The van der Waals surface area contributed by atoms with Crippen LogP contribution in [0.2, 0.25) is 5.02 Å². The number of fused-ring (bicyclic) bond motifs is 1. The first-order chi connectivity index (χ1) is 14.8. The van der Waals surface area contributed by atoms with E-state index in [1.165, 1.54) is 7.11 Å². The van der Waals surface area contributed by atoms with Crippen molar-refractivity contribution in [1.82, 2.24) is 10.3 Å². The average Bonchev–Trinajstić information content (AvgIpc) is 3.54. The van der Waals surface area contributed by atoms with Gasteiger partial charge < -0.3 is 25.8 Å². The number of nitrogens with one attached hydrogen (secondary N) is 2. The summed E-state index contributed by atoms with van der Waals surface area (Å²) in [6.07, 6.45) is 5.61. The number of nitrogens with two attached hydrogens (primary N) is 1. The van der Waals surface area contributed by atoms with E-state index >= 15 is 0 Å². The Labute approximate surface area is 184 Å². The molecule has 4 rings (SSSR count). The predicted octanol–water partition coefficient (Wildman–Crippen LogP) is 3.85. The fourth-order valence-electron chi connectivity index (χ4n) is 3.46. The second-order valence-corrected chi connectivity index (χ2v) is 8.28. The van der Waals surface area contributed by atoms with Crippen LogP contribution in [0, 0.1) is 5.41 Å². The second kappa shape index (κ2) is 8.11. The van der Waals surface area contributed by atoms with Crippen molar-refractivity contribution < 1.29 is 19.1 Å². The maximum atomic E-state index is 12.1. The van der Waals surface area contributed by atoms with E-state index in [0.29, 0.717) is 33.7 Å². The lowest BCUT2D eigenvalue weighted by Crippen LogP contribution is -2.40. The van der Waals surface area contributed by atoms with Gasteiger partial charge in [-0.25, -0.2) is 4.79 Å². The number of benzene rings is 1. The number of amides is 3. The van der Waals surface area contributed by atoms with E-state index in [1.807, 2.05) is 0 Å². The Kier molecular flexibility index (Phi) is 5.49. The summed E-state index contributed by atoms with van der Waals surface area (Å²) in [5.41, 5.74) is 6.52. The van der Waals surface area contributed by atoms with E-state index in [2.05, 4.69) is 15.6 Å². The van der Waals surface area contributed by atoms with Crippen molar-refractivity contribution in [3.8, 4) is 11.5 Å². The Morgan fingerprint density at radius 3 is 2.71 bits per heavy atom. The summed E-state index contributed by atoms with van der Waals surface area (Å²) in [6.45, 7) is 1.73. The third-order valence-electron chi connectivity index (χ3n) is 5.48. The normalized spacial score (nSPS) is 19.6. The topological polar surface area (TPSA) is 116 Å². The molecule has 1 heterocycles. The van der Waals surface area contributed by atoms with Crippen molar-refractivity contribution in [3.63, 3.8) is 0 Å². The van der Waals surface area contributed by atoms with Crippen molar-refractivity contribution in [1.29, 1.82) is 0 Å². The summed E-state index contributed by atoms with van der Waals surface area (Å²) < 4.78 is 11.5. The first-order valence-corrected chi connectivity index (χ1v) is 10.3. The maximum Gasteiger partial charge on any atom is 0.319 e. The third kappa shape index (κ3) is 4.29. The van der Waals surface area contributed by atoms with Crippen LogP contribution in [0.4, 0.5) is 10.5 Å². The molecule has 0 saturated heterocycles. The van der Waals surface area contributed by atoms with Crippen LogP contribution >= 0.6 is 11.6 Å². The number of methoxy groups -OCH3 is 1. The van der Waals surface area contributed by atoms with Gasteiger partial charge in [0.1, 0.15) is 22.7 Å². The lowest BCUT2D eigenvalue weighted by molar-refractivity contribution is -0.126. The molecule has 1 aromatic carbocycles. The van der Waals surface area contributed by atoms with Crippen molar-refractivity contribution in [2.24, 2.45) is 11.1 Å². The van der Waals surface area contributed by atoms with Gasteiger partial charge in [-0.05, 0) is 44.4 Å². The molecule has 9 heteroatoms. The van der Waals surface area contributed by atoms with E-state index in [9.17, 15) is 9.59 Å². The van der Waals surface area contributed by atoms with Crippen LogP contribution in [0.15, 0.2) is 36.2 Å². The van der Waals surface area contributed by atoms with Crippen molar-refractivity contribution >= 4 is 35.3 Å². The zero-order valence-corrected chi connectivity index (χ0v) is 18.0. The molecule has 1 aromatic heterocycles. The highest BCUT2D eigenvalue weighted by Crippen LogP contribution is 2.42. The minimum atomic E-state index is -1.01. The number of primary amides is 1. The zero-order chi connectivity index (χ0) is 22.2. The molecule has 31 heavy (non-hydrogen) atoms. The standard InChI is InChI=1S/C22H23ClN4O4/c1-22(20(24)28)11-14-17(10-19(22)30-2)25-8-7-18(14)31-13-5-6-16(15(23)9-13)27-21(29)26-12-3-4-12/h5-10,12H,3-4,11H2,1-2H3,(H2,24,28)(H2,26,27,29). The Balaban J connectivity index is 1.57. The van der Waals surface area contributed by atoms with Gasteiger partial charge in [0, 0.05) is 29.9 Å². The average molecular weight is 443 g/mol. The first kappa shape index (κ1) is 21.0. The number of carbonyl (C=O) groups excluding carboxylic acids is 2. The fraction of sp³-hybridized carbons (Fsp3) is 0.318. The Morgan fingerprint density at radius 1 is 1.29 bits per heavy atom. The van der Waals surface area contributed by atoms with E-state index in [-0.39, 0.29) is 18.5 Å². The molecule has 1 fully saturated rings. The molecule has 2 aromatic rings. The lowest BCUT2D eigenvalue weighted by atomic mass is 9.76. The molecular formula is C22H23ClN4O4. The third-order valence-corrected chi connectivity index (χ3v) is 5.79. The highest BCUT2D eigenvalue weighted by Gasteiger charge is 2.41. The lowest BCUT2D eigenvalue weighted by Gasteiger charge is -2.32. The quantitative estimate of drug-likeness (QED) is 0.628. The smallest absolute Gasteiger partial charge is 0.319 e. The minimum absolute atomic E-state index is 0.248. The summed E-state index contributed by atoms with van der Waals surface area (Å²) in [5, 5.41) is 5.92. The summed E-state index contributed by atoms with van der Waals surface area (Å²) >= 11 is 6.34. The van der Waals surface area contributed by atoms with Crippen LogP contribution in [0.3, 0.4) is 0 Å². The highest BCUT2D eigenvalue weighted by molar-refractivity contribution is 6.33. The largest absolute Gasteiger partial charge is 0.500 e. The number of hydrogen-bond acceptors (Lipinski definition) is 5. The number of aromatic nitrogens is 1. The fourth-order valence-corrected chi connectivity index (χ4v) is 3.68. The Bertz CT molecular complexity index is 1080. The van der Waals surface area contributed by atoms with Crippen LogP contribution < -0.4 is 21.1 Å². The van der Waals surface area contributed by atoms with Gasteiger partial charge in [-0.2, -0.15) is 0 Å². The molecule has 2 aliphatic carbocycles. The zero-order valence-electron chi connectivity index (χ0n) is 17.2. The van der Waals surface area contributed by atoms with E-state index in [1.54, 1.807) is 43.5 Å². The molecule has 4 N–H and O–H groups in total. The van der Waals surface area contributed by atoms with E-state index in [4.69, 9.17) is 26.8 Å². The van der Waals surface area contributed by atoms with Gasteiger partial charge in [0.2, 0.25) is 5.91 Å². The van der Waals surface area contributed by atoms with Gasteiger partial charge in [0.25, 0.3) is 0 Å². The monoisotopic (exact) mass is 442 g/mol. The summed E-state index contributed by atoms with van der Waals surface area (Å²) in [5.74, 6) is 0.977. The van der Waals surface area contributed by atoms with Crippen molar-refractivity contribution in [2.75, 3.05) is 12.4 Å². The molecule has 1 unspecified atom stereocenters.